The minimum atomic E-state index is -4.65. The van der Waals surface area contributed by atoms with E-state index >= 15 is 4.39 Å². The second-order valence-electron chi connectivity index (χ2n) is 7.92. The monoisotopic (exact) mass is 500 g/mol. The van der Waals surface area contributed by atoms with Crippen LogP contribution in [0.2, 0.25) is 0 Å². The van der Waals surface area contributed by atoms with E-state index < -0.39 is 29.4 Å². The molecule has 0 spiro atoms. The average Bonchev–Trinajstić information content (AvgIpc) is 3.23. The summed E-state index contributed by atoms with van der Waals surface area (Å²) in [4.78, 5) is 4.17. The minimum Gasteiger partial charge on any atom is -0.486 e. The Bertz CT molecular complexity index is 1100. The Balaban J connectivity index is 0.00000324. The fraction of sp³-hybridized carbons (Fsp3) is 0.375. The second kappa shape index (κ2) is 10.8. The summed E-state index contributed by atoms with van der Waals surface area (Å²) in [6, 6.07) is 8.71. The first kappa shape index (κ1) is 26.0. The average molecular weight is 501 g/mol. The predicted molar refractivity (Wildman–Crippen MR) is 120 cm³/mol. The van der Waals surface area contributed by atoms with Crippen molar-refractivity contribution >= 4 is 12.4 Å². The molecule has 0 radical (unpaired) electrons. The Hall–Kier alpha value is -2.62. The summed E-state index contributed by atoms with van der Waals surface area (Å²) < 4.78 is 74.0. The minimum absolute atomic E-state index is 0. The summed E-state index contributed by atoms with van der Waals surface area (Å²) in [6.07, 6.45) is -1.33. The van der Waals surface area contributed by atoms with Crippen LogP contribution in [0.1, 0.15) is 41.5 Å². The number of aromatic nitrogens is 2. The fourth-order valence-electron chi connectivity index (χ4n) is 3.88. The maximum absolute atomic E-state index is 15.2. The number of hydrogen-bond donors (Lipinski definition) is 0. The van der Waals surface area contributed by atoms with Gasteiger partial charge in [0.2, 0.25) is 0 Å². The van der Waals surface area contributed by atoms with Crippen LogP contribution < -0.4 is 4.74 Å². The van der Waals surface area contributed by atoms with Gasteiger partial charge in [-0.3, -0.25) is 0 Å². The van der Waals surface area contributed by atoms with Gasteiger partial charge in [0.25, 0.3) is 0 Å². The second-order valence-corrected chi connectivity index (χ2v) is 7.92. The molecule has 2 aromatic carbocycles. The molecular formula is C24H25ClF4N2O3. The van der Waals surface area contributed by atoms with E-state index in [-0.39, 0.29) is 43.7 Å². The van der Waals surface area contributed by atoms with E-state index in [1.165, 1.54) is 7.11 Å². The first-order chi connectivity index (χ1) is 15.8. The lowest BCUT2D eigenvalue weighted by molar-refractivity contribution is -0.138. The molecule has 1 fully saturated rings. The third-order valence-corrected chi connectivity index (χ3v) is 5.75. The van der Waals surface area contributed by atoms with Crippen molar-refractivity contribution in [3.8, 4) is 11.4 Å². The predicted octanol–water partition coefficient (Wildman–Crippen LogP) is 6.21. The quantitative estimate of drug-likeness (QED) is 0.378. The molecule has 0 N–H and O–H groups in total. The standard InChI is InChI=1S/C24H24F4N2O3.ClH/c1-15-29-8-9-30(15)18-5-3-16(4-6-18)14-33-22-12-17(24(26,27)28)11-20(23(22)25)21-13-19(31-2)7-10-32-21;/h3-6,8-9,11-12,19,21H,7,10,13-14H2,1-2H3;1H. The molecule has 0 aliphatic carbocycles. The number of hydrogen-bond acceptors (Lipinski definition) is 4. The van der Waals surface area contributed by atoms with E-state index in [0.717, 1.165) is 17.6 Å². The van der Waals surface area contributed by atoms with Crippen LogP contribution in [0, 0.1) is 12.7 Å². The van der Waals surface area contributed by atoms with Crippen LogP contribution in [0.4, 0.5) is 17.6 Å². The highest BCUT2D eigenvalue weighted by Gasteiger charge is 2.35. The van der Waals surface area contributed by atoms with E-state index in [0.29, 0.717) is 18.1 Å². The molecule has 2 atom stereocenters. The highest BCUT2D eigenvalue weighted by Crippen LogP contribution is 2.39. The Morgan fingerprint density at radius 1 is 1.18 bits per heavy atom. The molecule has 1 aliphatic rings. The van der Waals surface area contributed by atoms with Gasteiger partial charge in [-0.25, -0.2) is 9.37 Å². The number of halogens is 5. The first-order valence-corrected chi connectivity index (χ1v) is 10.5. The number of nitrogens with zero attached hydrogens (tertiary/aromatic N) is 2. The maximum Gasteiger partial charge on any atom is 0.416 e. The lowest BCUT2D eigenvalue weighted by Crippen LogP contribution is -2.26. The molecule has 10 heteroatoms. The molecule has 2 unspecified atom stereocenters. The van der Waals surface area contributed by atoms with Gasteiger partial charge in [-0.2, -0.15) is 13.2 Å². The SMILES string of the molecule is COC1CCOC(c2cc(C(F)(F)F)cc(OCc3ccc(-n4ccnc4C)cc3)c2F)C1.Cl. The zero-order valence-electron chi connectivity index (χ0n) is 18.6. The van der Waals surface area contributed by atoms with Gasteiger partial charge in [0, 0.05) is 43.8 Å². The van der Waals surface area contributed by atoms with Gasteiger partial charge in [-0.05, 0) is 43.2 Å². The van der Waals surface area contributed by atoms with Gasteiger partial charge >= 0.3 is 6.18 Å². The Morgan fingerprint density at radius 3 is 2.53 bits per heavy atom. The molecule has 0 amide bonds. The van der Waals surface area contributed by atoms with Crippen molar-refractivity contribution in [3.63, 3.8) is 0 Å². The number of rotatable bonds is 6. The van der Waals surface area contributed by atoms with Crippen LogP contribution in [0.15, 0.2) is 48.8 Å². The van der Waals surface area contributed by atoms with E-state index in [1.807, 2.05) is 29.8 Å². The van der Waals surface area contributed by atoms with Gasteiger partial charge in [0.05, 0.1) is 17.8 Å². The molecule has 5 nitrogen and oxygen atoms in total. The summed E-state index contributed by atoms with van der Waals surface area (Å²) in [5.74, 6) is -0.494. The zero-order chi connectivity index (χ0) is 23.6. The summed E-state index contributed by atoms with van der Waals surface area (Å²) in [5.41, 5.74) is 0.405. The van der Waals surface area contributed by atoms with E-state index in [1.54, 1.807) is 18.3 Å². The highest BCUT2D eigenvalue weighted by atomic mass is 35.5. The molecule has 2 heterocycles. The van der Waals surface area contributed by atoms with Crippen LogP contribution in [-0.2, 0) is 22.3 Å². The summed E-state index contributed by atoms with van der Waals surface area (Å²) in [7, 11) is 1.52. The van der Waals surface area contributed by atoms with Gasteiger partial charge < -0.3 is 18.8 Å². The number of ether oxygens (including phenoxy) is 3. The van der Waals surface area contributed by atoms with Gasteiger partial charge in [-0.1, -0.05) is 12.1 Å². The normalized spacial score (nSPS) is 18.4. The lowest BCUT2D eigenvalue weighted by atomic mass is 9.96. The first-order valence-electron chi connectivity index (χ1n) is 10.5. The largest absolute Gasteiger partial charge is 0.486 e. The molecule has 0 bridgehead atoms. The van der Waals surface area contributed by atoms with Crippen molar-refractivity contribution in [2.45, 2.75) is 44.8 Å². The summed E-state index contributed by atoms with van der Waals surface area (Å²) in [5, 5.41) is 0. The number of methoxy groups -OCH3 is 1. The van der Waals surface area contributed by atoms with Gasteiger partial charge in [0.15, 0.2) is 11.6 Å². The van der Waals surface area contributed by atoms with Crippen LogP contribution in [0.5, 0.6) is 5.75 Å². The maximum atomic E-state index is 15.2. The highest BCUT2D eigenvalue weighted by molar-refractivity contribution is 5.85. The third-order valence-electron chi connectivity index (χ3n) is 5.75. The Kier molecular flexibility index (Phi) is 8.22. The van der Waals surface area contributed by atoms with E-state index in [4.69, 9.17) is 14.2 Å². The fourth-order valence-corrected chi connectivity index (χ4v) is 3.88. The Labute approximate surface area is 201 Å². The van der Waals surface area contributed by atoms with Crippen molar-refractivity contribution in [2.75, 3.05) is 13.7 Å². The summed E-state index contributed by atoms with van der Waals surface area (Å²) in [6.45, 7) is 2.06. The number of imidazole rings is 1. The molecule has 0 saturated carbocycles. The molecular weight excluding hydrogens is 476 g/mol. The van der Waals surface area contributed by atoms with Crippen molar-refractivity contribution < 1.29 is 31.8 Å². The molecule has 1 saturated heterocycles. The van der Waals surface area contributed by atoms with Crippen molar-refractivity contribution in [1.82, 2.24) is 9.55 Å². The van der Waals surface area contributed by atoms with E-state index in [9.17, 15) is 13.2 Å². The lowest BCUT2D eigenvalue weighted by Gasteiger charge is -2.30. The van der Waals surface area contributed by atoms with Crippen LogP contribution in [0.25, 0.3) is 5.69 Å². The topological polar surface area (TPSA) is 45.5 Å². The molecule has 184 valence electrons. The summed E-state index contributed by atoms with van der Waals surface area (Å²) >= 11 is 0. The number of benzene rings is 2. The molecule has 4 rings (SSSR count). The van der Waals surface area contributed by atoms with Crippen molar-refractivity contribution in [2.24, 2.45) is 0 Å². The van der Waals surface area contributed by atoms with Gasteiger partial charge in [0.1, 0.15) is 12.4 Å². The van der Waals surface area contributed by atoms with E-state index in [2.05, 4.69) is 4.98 Å². The third kappa shape index (κ3) is 5.71. The van der Waals surface area contributed by atoms with Crippen LogP contribution in [-0.4, -0.2) is 29.4 Å². The smallest absolute Gasteiger partial charge is 0.416 e. The molecule has 1 aromatic heterocycles. The number of aryl methyl sites for hydroxylation is 1. The van der Waals surface area contributed by atoms with Crippen LogP contribution in [0.3, 0.4) is 0 Å². The number of alkyl halides is 3. The van der Waals surface area contributed by atoms with Crippen molar-refractivity contribution in [3.05, 3.63) is 77.1 Å². The van der Waals surface area contributed by atoms with Crippen molar-refractivity contribution in [1.29, 1.82) is 0 Å². The molecule has 3 aromatic rings. The molecule has 34 heavy (non-hydrogen) atoms. The zero-order valence-corrected chi connectivity index (χ0v) is 19.5. The Morgan fingerprint density at radius 2 is 1.91 bits per heavy atom. The molecule has 1 aliphatic heterocycles. The van der Waals surface area contributed by atoms with Gasteiger partial charge in [-0.15, -0.1) is 12.4 Å². The van der Waals surface area contributed by atoms with Crippen LogP contribution >= 0.6 is 12.4 Å².